The highest BCUT2D eigenvalue weighted by Gasteiger charge is 2.37. The van der Waals surface area contributed by atoms with Gasteiger partial charge in [0.25, 0.3) is 0 Å². The van der Waals surface area contributed by atoms with E-state index in [0.29, 0.717) is 6.42 Å². The molecule has 0 saturated heterocycles. The zero-order valence-electron chi connectivity index (χ0n) is 11.4. The summed E-state index contributed by atoms with van der Waals surface area (Å²) in [5, 5.41) is 11.1. The van der Waals surface area contributed by atoms with E-state index in [1.54, 1.807) is 0 Å². The van der Waals surface area contributed by atoms with Gasteiger partial charge in [0.05, 0.1) is 5.66 Å². The van der Waals surface area contributed by atoms with Crippen molar-refractivity contribution in [3.05, 3.63) is 0 Å². The maximum atomic E-state index is 11.6. The SMILES string of the molecule is C[C@H]([C@H](NC(=O)CCCCCCS)C(=O)O)P(=O)(O)O. The lowest BCUT2D eigenvalue weighted by Crippen LogP contribution is -2.47. The van der Waals surface area contributed by atoms with E-state index in [-0.39, 0.29) is 6.42 Å². The van der Waals surface area contributed by atoms with Crippen molar-refractivity contribution < 1.29 is 29.0 Å². The molecule has 0 aliphatic heterocycles. The number of aliphatic carboxylic acids is 1. The predicted molar refractivity (Wildman–Crippen MR) is 78.0 cm³/mol. The molecule has 0 aromatic rings. The third-order valence-electron chi connectivity index (χ3n) is 2.91. The summed E-state index contributed by atoms with van der Waals surface area (Å²) < 4.78 is 11.1. The van der Waals surface area contributed by atoms with Crippen LogP contribution < -0.4 is 5.32 Å². The lowest BCUT2D eigenvalue weighted by atomic mass is 10.1. The normalized spacial score (nSPS) is 14.6. The Morgan fingerprint density at radius 2 is 1.75 bits per heavy atom. The number of carbonyl (C=O) groups is 2. The molecular formula is C11H22NO6PS. The summed E-state index contributed by atoms with van der Waals surface area (Å²) >= 11 is 4.06. The molecule has 0 aliphatic rings. The van der Waals surface area contributed by atoms with Gasteiger partial charge in [-0.2, -0.15) is 12.6 Å². The van der Waals surface area contributed by atoms with Crippen LogP contribution in [0.2, 0.25) is 0 Å². The van der Waals surface area contributed by atoms with Crippen molar-refractivity contribution in [3.63, 3.8) is 0 Å². The third-order valence-corrected chi connectivity index (χ3v) is 4.58. The van der Waals surface area contributed by atoms with Crippen LogP contribution in [-0.2, 0) is 14.2 Å². The average molecular weight is 327 g/mol. The molecule has 20 heavy (non-hydrogen) atoms. The molecule has 4 N–H and O–H groups in total. The monoisotopic (exact) mass is 327 g/mol. The second-order valence-corrected chi connectivity index (χ2v) is 7.04. The number of rotatable bonds is 10. The topological polar surface area (TPSA) is 124 Å². The molecule has 2 atom stereocenters. The largest absolute Gasteiger partial charge is 0.480 e. The van der Waals surface area contributed by atoms with Crippen LogP contribution >= 0.6 is 20.2 Å². The van der Waals surface area contributed by atoms with E-state index in [1.165, 1.54) is 0 Å². The molecule has 0 radical (unpaired) electrons. The predicted octanol–water partition coefficient (Wildman–Crippen LogP) is 1.00. The van der Waals surface area contributed by atoms with Crippen LogP contribution in [0.5, 0.6) is 0 Å². The van der Waals surface area contributed by atoms with Gasteiger partial charge in [-0.05, 0) is 25.5 Å². The fourth-order valence-corrected chi connectivity index (χ4v) is 2.39. The van der Waals surface area contributed by atoms with E-state index in [1.807, 2.05) is 0 Å². The van der Waals surface area contributed by atoms with Gasteiger partial charge < -0.3 is 20.2 Å². The van der Waals surface area contributed by atoms with E-state index < -0.39 is 31.2 Å². The van der Waals surface area contributed by atoms with Crippen molar-refractivity contribution in [3.8, 4) is 0 Å². The number of hydrogen-bond donors (Lipinski definition) is 5. The molecule has 9 heteroatoms. The van der Waals surface area contributed by atoms with Gasteiger partial charge in [0.2, 0.25) is 5.91 Å². The Hall–Kier alpha value is -0.560. The van der Waals surface area contributed by atoms with Gasteiger partial charge in [-0.15, -0.1) is 0 Å². The molecule has 0 saturated carbocycles. The summed E-state index contributed by atoms with van der Waals surface area (Å²) in [7, 11) is -4.57. The highest BCUT2D eigenvalue weighted by atomic mass is 32.1. The van der Waals surface area contributed by atoms with Crippen LogP contribution in [0.4, 0.5) is 0 Å². The molecule has 118 valence electrons. The zero-order valence-corrected chi connectivity index (χ0v) is 13.1. The van der Waals surface area contributed by atoms with Gasteiger partial charge in [-0.25, -0.2) is 4.79 Å². The van der Waals surface area contributed by atoms with E-state index in [2.05, 4.69) is 17.9 Å². The number of carbonyl (C=O) groups excluding carboxylic acids is 1. The maximum Gasteiger partial charge on any atom is 0.331 e. The minimum atomic E-state index is -4.57. The summed E-state index contributed by atoms with van der Waals surface area (Å²) in [4.78, 5) is 40.5. The van der Waals surface area contributed by atoms with Gasteiger partial charge in [0.1, 0.15) is 6.04 Å². The van der Waals surface area contributed by atoms with Crippen LogP contribution in [-0.4, -0.2) is 44.2 Å². The fourth-order valence-electron chi connectivity index (χ4n) is 1.58. The Labute approximate surface area is 123 Å². The summed E-state index contributed by atoms with van der Waals surface area (Å²) in [6, 6.07) is -1.58. The molecule has 0 aliphatic carbocycles. The minimum absolute atomic E-state index is 0.143. The van der Waals surface area contributed by atoms with Crippen molar-refractivity contribution in [1.82, 2.24) is 5.32 Å². The van der Waals surface area contributed by atoms with Crippen molar-refractivity contribution in [2.75, 3.05) is 5.75 Å². The fraction of sp³-hybridized carbons (Fsp3) is 0.818. The summed E-state index contributed by atoms with van der Waals surface area (Å²) in [6.07, 6.45) is 3.48. The Balaban J connectivity index is 4.29. The van der Waals surface area contributed by atoms with E-state index in [0.717, 1.165) is 31.9 Å². The molecule has 0 bridgehead atoms. The van der Waals surface area contributed by atoms with E-state index in [9.17, 15) is 14.2 Å². The van der Waals surface area contributed by atoms with Crippen molar-refractivity contribution in [2.24, 2.45) is 0 Å². The summed E-state index contributed by atoms with van der Waals surface area (Å²) in [5.41, 5.74) is -1.46. The van der Waals surface area contributed by atoms with Gasteiger partial charge in [-0.3, -0.25) is 9.36 Å². The number of carboxylic acids is 1. The van der Waals surface area contributed by atoms with Gasteiger partial charge in [0, 0.05) is 6.42 Å². The smallest absolute Gasteiger partial charge is 0.331 e. The number of hydrogen-bond acceptors (Lipinski definition) is 4. The summed E-state index contributed by atoms with van der Waals surface area (Å²) in [5.74, 6) is -1.18. The molecule has 0 rings (SSSR count). The average Bonchev–Trinajstić information content (AvgIpc) is 2.33. The Morgan fingerprint density at radius 1 is 1.20 bits per heavy atom. The zero-order chi connectivity index (χ0) is 15.8. The van der Waals surface area contributed by atoms with Crippen LogP contribution in [0, 0.1) is 0 Å². The maximum absolute atomic E-state index is 11.6. The molecule has 0 aromatic heterocycles. The molecule has 0 fully saturated rings. The van der Waals surface area contributed by atoms with Crippen LogP contribution in [0.3, 0.4) is 0 Å². The number of amides is 1. The first kappa shape index (κ1) is 19.4. The first-order valence-electron chi connectivity index (χ1n) is 6.38. The van der Waals surface area contributed by atoms with Crippen molar-refractivity contribution in [2.45, 2.75) is 50.7 Å². The van der Waals surface area contributed by atoms with E-state index >= 15 is 0 Å². The van der Waals surface area contributed by atoms with E-state index in [4.69, 9.17) is 14.9 Å². The Morgan fingerprint density at radius 3 is 2.20 bits per heavy atom. The summed E-state index contributed by atoms with van der Waals surface area (Å²) in [6.45, 7) is 1.10. The molecule has 1 amide bonds. The number of thiol groups is 1. The Kier molecular flexibility index (Phi) is 9.13. The van der Waals surface area contributed by atoms with Crippen molar-refractivity contribution in [1.29, 1.82) is 0 Å². The number of unbranched alkanes of at least 4 members (excludes halogenated alkanes) is 3. The minimum Gasteiger partial charge on any atom is -0.480 e. The molecule has 0 unspecified atom stereocenters. The molecule has 0 heterocycles. The second kappa shape index (κ2) is 9.39. The van der Waals surface area contributed by atoms with Crippen LogP contribution in [0.1, 0.15) is 39.0 Å². The molecule has 0 aromatic carbocycles. The van der Waals surface area contributed by atoms with Gasteiger partial charge in [-0.1, -0.05) is 12.8 Å². The Bertz CT molecular complexity index is 372. The number of nitrogens with one attached hydrogen (secondary N) is 1. The lowest BCUT2D eigenvalue weighted by molar-refractivity contribution is -0.141. The molecule has 7 nitrogen and oxygen atoms in total. The highest BCUT2D eigenvalue weighted by Crippen LogP contribution is 2.42. The molecule has 0 spiro atoms. The van der Waals surface area contributed by atoms with Crippen molar-refractivity contribution >= 4 is 32.1 Å². The number of carboxylic acid groups (broad SMARTS) is 1. The highest BCUT2D eigenvalue weighted by molar-refractivity contribution is 7.80. The molecular weight excluding hydrogens is 305 g/mol. The second-order valence-electron chi connectivity index (χ2n) is 4.60. The first-order valence-corrected chi connectivity index (χ1v) is 8.69. The van der Waals surface area contributed by atoms with Crippen LogP contribution in [0.15, 0.2) is 0 Å². The van der Waals surface area contributed by atoms with Gasteiger partial charge >= 0.3 is 13.6 Å². The van der Waals surface area contributed by atoms with Gasteiger partial charge in [0.15, 0.2) is 0 Å². The first-order chi connectivity index (χ1) is 9.20. The third kappa shape index (κ3) is 7.89. The standard InChI is InChI=1S/C11H22NO6PS/c1-8(19(16,17)18)10(11(14)15)12-9(13)6-4-2-3-5-7-20/h8,10,20H,2-7H2,1H3,(H,12,13)(H,14,15)(H2,16,17,18)/t8-,10+/m1/s1. The van der Waals surface area contributed by atoms with Crippen LogP contribution in [0.25, 0.3) is 0 Å². The lowest BCUT2D eigenvalue weighted by Gasteiger charge is -2.22. The quantitative estimate of drug-likeness (QED) is 0.232.